The summed E-state index contributed by atoms with van der Waals surface area (Å²) in [5, 5.41) is 15.1. The van der Waals surface area contributed by atoms with Crippen LogP contribution in [0.2, 0.25) is 0 Å². The monoisotopic (exact) mass is 509 g/mol. The molecule has 2 N–H and O–H groups in total. The van der Waals surface area contributed by atoms with Crippen LogP contribution in [0.15, 0.2) is 54.6 Å². The summed E-state index contributed by atoms with van der Waals surface area (Å²) < 4.78 is 0. The number of likely N-dealkylation sites (tertiary alicyclic amines) is 1. The molecule has 35 heavy (non-hydrogen) atoms. The van der Waals surface area contributed by atoms with E-state index in [4.69, 9.17) is 0 Å². The number of hydrogen-bond acceptors (Lipinski definition) is 7. The van der Waals surface area contributed by atoms with E-state index >= 15 is 0 Å². The van der Waals surface area contributed by atoms with Gasteiger partial charge in [0.25, 0.3) is 5.91 Å². The molecule has 0 saturated carbocycles. The van der Waals surface area contributed by atoms with Crippen LogP contribution in [0.1, 0.15) is 41.2 Å². The lowest BCUT2D eigenvalue weighted by Crippen LogP contribution is -2.33. The molecule has 1 aliphatic heterocycles. The maximum atomic E-state index is 12.6. The summed E-state index contributed by atoms with van der Waals surface area (Å²) in [6.07, 6.45) is 0.221. The zero-order chi connectivity index (χ0) is 24.8. The van der Waals surface area contributed by atoms with Gasteiger partial charge in [-0.05, 0) is 43.7 Å². The molecule has 8 nitrogen and oxygen atoms in total. The first-order chi connectivity index (χ1) is 16.9. The Morgan fingerprint density at radius 1 is 1.06 bits per heavy atom. The first-order valence-electron chi connectivity index (χ1n) is 11.3. The van der Waals surface area contributed by atoms with Gasteiger partial charge in [-0.1, -0.05) is 41.7 Å². The predicted octanol–water partition coefficient (Wildman–Crippen LogP) is 4.42. The second-order valence-electron chi connectivity index (χ2n) is 8.54. The topological polar surface area (TPSA) is 104 Å². The molecule has 2 aromatic carbocycles. The Balaban J connectivity index is 1.25. The number of benzene rings is 2. The van der Waals surface area contributed by atoms with Crippen molar-refractivity contribution in [3.63, 3.8) is 0 Å². The van der Waals surface area contributed by atoms with Crippen LogP contribution in [0.5, 0.6) is 0 Å². The van der Waals surface area contributed by atoms with E-state index in [-0.39, 0.29) is 36.1 Å². The van der Waals surface area contributed by atoms with Gasteiger partial charge >= 0.3 is 0 Å². The number of anilines is 2. The molecule has 10 heteroatoms. The fourth-order valence-electron chi connectivity index (χ4n) is 3.72. The molecule has 1 atom stereocenters. The third-order valence-corrected chi connectivity index (χ3v) is 7.63. The highest BCUT2D eigenvalue weighted by molar-refractivity contribution is 7.97. The minimum absolute atomic E-state index is 0.00166. The van der Waals surface area contributed by atoms with Crippen molar-refractivity contribution >= 4 is 51.6 Å². The quantitative estimate of drug-likeness (QED) is 0.443. The lowest BCUT2D eigenvalue weighted by Gasteiger charge is -2.20. The Kier molecular flexibility index (Phi) is 8.14. The van der Waals surface area contributed by atoms with E-state index < -0.39 is 0 Å². The van der Waals surface area contributed by atoms with Gasteiger partial charge in [0.05, 0.1) is 5.92 Å². The molecule has 0 radical (unpaired) electrons. The first kappa shape index (κ1) is 24.9. The van der Waals surface area contributed by atoms with E-state index in [1.54, 1.807) is 40.9 Å². The van der Waals surface area contributed by atoms with Crippen molar-refractivity contribution in [2.24, 2.45) is 5.92 Å². The van der Waals surface area contributed by atoms with Crippen molar-refractivity contribution in [2.45, 2.75) is 37.8 Å². The number of nitrogens with zero attached hydrogens (tertiary/aromatic N) is 3. The van der Waals surface area contributed by atoms with Crippen LogP contribution in [0.3, 0.4) is 0 Å². The Bertz CT molecular complexity index is 1180. The van der Waals surface area contributed by atoms with E-state index in [9.17, 15) is 14.4 Å². The summed E-state index contributed by atoms with van der Waals surface area (Å²) >= 11 is 3.10. The highest BCUT2D eigenvalue weighted by Crippen LogP contribution is 2.24. The van der Waals surface area contributed by atoms with E-state index in [1.165, 1.54) is 16.9 Å². The zero-order valence-corrected chi connectivity index (χ0v) is 21.2. The summed E-state index contributed by atoms with van der Waals surface area (Å²) in [6, 6.07) is 16.9. The number of amides is 3. The fourth-order valence-corrected chi connectivity index (χ4v) is 5.50. The number of carbonyl (C=O) groups excluding carboxylic acids is 3. The van der Waals surface area contributed by atoms with E-state index in [2.05, 4.69) is 33.0 Å². The normalized spacial score (nSPS) is 15.5. The summed E-state index contributed by atoms with van der Waals surface area (Å²) in [5.41, 5.74) is 2.28. The largest absolute Gasteiger partial charge is 0.339 e. The number of nitrogens with one attached hydrogen (secondary N) is 2. The average Bonchev–Trinajstić information content (AvgIpc) is 3.46. The summed E-state index contributed by atoms with van der Waals surface area (Å²) in [5.74, 6) is 0.755. The van der Waals surface area contributed by atoms with Gasteiger partial charge in [-0.3, -0.25) is 19.7 Å². The smallest absolute Gasteiger partial charge is 0.257 e. The van der Waals surface area contributed by atoms with Crippen molar-refractivity contribution in [2.75, 3.05) is 17.2 Å². The van der Waals surface area contributed by atoms with Gasteiger partial charge in [-0.2, -0.15) is 0 Å². The Morgan fingerprint density at radius 3 is 2.49 bits per heavy atom. The molecule has 0 spiro atoms. The molecule has 3 amide bonds. The number of aromatic nitrogens is 2. The second-order valence-corrected chi connectivity index (χ2v) is 10.6. The third-order valence-electron chi connectivity index (χ3n) is 5.59. The first-order valence-corrected chi connectivity index (χ1v) is 13.3. The Morgan fingerprint density at radius 2 is 1.80 bits per heavy atom. The second kappa shape index (κ2) is 11.5. The van der Waals surface area contributed by atoms with Gasteiger partial charge in [0, 0.05) is 41.8 Å². The maximum absolute atomic E-state index is 12.6. The number of carbonyl (C=O) groups is 3. The standard InChI is InChI=1S/C25H27N5O3S2/c1-16(2)30-13-19(12-22(30)31)24(33)26-20-10-8-18(9-11-20)23(32)27-25-29-28-21(35-25)15-34-14-17-6-4-3-5-7-17/h3-11,16,19H,12-15H2,1-2H3,(H,26,33)(H,27,29,32). The van der Waals surface area contributed by atoms with Crippen molar-refractivity contribution < 1.29 is 14.4 Å². The van der Waals surface area contributed by atoms with Gasteiger partial charge in [-0.25, -0.2) is 0 Å². The predicted molar refractivity (Wildman–Crippen MR) is 139 cm³/mol. The van der Waals surface area contributed by atoms with Crippen LogP contribution < -0.4 is 10.6 Å². The van der Waals surface area contributed by atoms with Gasteiger partial charge in [0.1, 0.15) is 5.01 Å². The molecule has 1 unspecified atom stereocenters. The molecule has 1 saturated heterocycles. The van der Waals surface area contributed by atoms with Gasteiger partial charge < -0.3 is 10.2 Å². The van der Waals surface area contributed by atoms with E-state index in [0.717, 1.165) is 16.5 Å². The molecule has 4 rings (SSSR count). The summed E-state index contributed by atoms with van der Waals surface area (Å²) in [6.45, 7) is 4.31. The average molecular weight is 510 g/mol. The van der Waals surface area contributed by atoms with Crippen LogP contribution in [0, 0.1) is 5.92 Å². The van der Waals surface area contributed by atoms with Crippen LogP contribution in [0.4, 0.5) is 10.8 Å². The van der Waals surface area contributed by atoms with E-state index in [1.807, 2.05) is 32.0 Å². The summed E-state index contributed by atoms with van der Waals surface area (Å²) in [7, 11) is 0. The van der Waals surface area contributed by atoms with Crippen LogP contribution in [0.25, 0.3) is 0 Å². The Labute approximate surface area is 212 Å². The molecule has 182 valence electrons. The molecule has 2 heterocycles. The third kappa shape index (κ3) is 6.67. The number of rotatable bonds is 9. The van der Waals surface area contributed by atoms with Crippen LogP contribution in [-0.4, -0.2) is 45.4 Å². The maximum Gasteiger partial charge on any atom is 0.257 e. The molecular weight excluding hydrogens is 482 g/mol. The van der Waals surface area contributed by atoms with Crippen molar-refractivity contribution in [3.05, 3.63) is 70.7 Å². The zero-order valence-electron chi connectivity index (χ0n) is 19.6. The molecule has 0 aliphatic carbocycles. The number of hydrogen-bond donors (Lipinski definition) is 2. The highest BCUT2D eigenvalue weighted by atomic mass is 32.2. The molecule has 1 aliphatic rings. The lowest BCUT2D eigenvalue weighted by atomic mass is 10.1. The SMILES string of the molecule is CC(C)N1CC(C(=O)Nc2ccc(C(=O)Nc3nnc(CSCc4ccccc4)s3)cc2)CC1=O. The minimum Gasteiger partial charge on any atom is -0.339 e. The van der Waals surface area contributed by atoms with Crippen molar-refractivity contribution in [1.29, 1.82) is 0 Å². The minimum atomic E-state index is -0.370. The highest BCUT2D eigenvalue weighted by Gasteiger charge is 2.35. The molecule has 1 fully saturated rings. The van der Waals surface area contributed by atoms with Crippen molar-refractivity contribution in [3.8, 4) is 0 Å². The number of thioether (sulfide) groups is 1. The van der Waals surface area contributed by atoms with Crippen LogP contribution >= 0.6 is 23.1 Å². The molecule has 3 aromatic rings. The van der Waals surface area contributed by atoms with Crippen molar-refractivity contribution in [1.82, 2.24) is 15.1 Å². The Hall–Kier alpha value is -3.24. The summed E-state index contributed by atoms with van der Waals surface area (Å²) in [4.78, 5) is 38.9. The van der Waals surface area contributed by atoms with Gasteiger partial charge in [0.15, 0.2) is 0 Å². The molecule has 0 bridgehead atoms. The van der Waals surface area contributed by atoms with Gasteiger partial charge in [0.2, 0.25) is 16.9 Å². The van der Waals surface area contributed by atoms with E-state index in [0.29, 0.717) is 22.9 Å². The molecular formula is C25H27N5O3S2. The van der Waals surface area contributed by atoms with Crippen LogP contribution in [-0.2, 0) is 21.1 Å². The fraction of sp³-hybridized carbons (Fsp3) is 0.320. The lowest BCUT2D eigenvalue weighted by molar-refractivity contribution is -0.129. The van der Waals surface area contributed by atoms with Gasteiger partial charge in [-0.15, -0.1) is 22.0 Å². The molecule has 1 aromatic heterocycles.